The summed E-state index contributed by atoms with van der Waals surface area (Å²) < 4.78 is 1.69. The van der Waals surface area contributed by atoms with Gasteiger partial charge in [0.2, 0.25) is 0 Å². The van der Waals surface area contributed by atoms with Crippen molar-refractivity contribution in [1.29, 1.82) is 0 Å². The normalized spacial score (nSPS) is 11.7. The lowest BCUT2D eigenvalue weighted by atomic mass is 9.92. The van der Waals surface area contributed by atoms with Crippen LogP contribution in [0.15, 0.2) is 42.6 Å². The first-order valence-corrected chi connectivity index (χ1v) is 7.55. The highest BCUT2D eigenvalue weighted by Gasteiger charge is 2.20. The minimum Gasteiger partial charge on any atom is -0.307 e. The fraction of sp³-hybridized carbons (Fsp3) is 0.278. The number of nitrogens with zero attached hydrogens (tertiary/aromatic N) is 3. The van der Waals surface area contributed by atoms with Gasteiger partial charge in [0.05, 0.1) is 11.2 Å². The molecule has 2 aromatic heterocycles. The first kappa shape index (κ1) is 15.2. The Balaban J connectivity index is 1.87. The average Bonchev–Trinajstić information content (AvgIpc) is 2.88. The number of hydrogen-bond acceptors (Lipinski definition) is 3. The van der Waals surface area contributed by atoms with Gasteiger partial charge in [0.1, 0.15) is 5.82 Å². The second-order valence-electron chi connectivity index (χ2n) is 6.65. The van der Waals surface area contributed by atoms with Gasteiger partial charge in [-0.2, -0.15) is 5.10 Å². The molecule has 2 heterocycles. The number of aryl methyl sites for hydroxylation is 1. The molecule has 0 aliphatic rings. The van der Waals surface area contributed by atoms with Crippen LogP contribution in [0.2, 0.25) is 0 Å². The molecule has 118 valence electrons. The smallest absolute Gasteiger partial charge is 0.256 e. The molecule has 3 aromatic rings. The van der Waals surface area contributed by atoms with Crippen molar-refractivity contribution in [2.45, 2.75) is 26.2 Å². The van der Waals surface area contributed by atoms with Crippen molar-refractivity contribution in [3.63, 3.8) is 0 Å². The highest BCUT2D eigenvalue weighted by Crippen LogP contribution is 2.24. The molecule has 1 aromatic carbocycles. The molecule has 0 saturated carbocycles. The van der Waals surface area contributed by atoms with E-state index in [2.05, 4.69) is 36.2 Å². The third kappa shape index (κ3) is 3.08. The molecule has 0 spiro atoms. The predicted molar refractivity (Wildman–Crippen MR) is 91.6 cm³/mol. The third-order valence-electron chi connectivity index (χ3n) is 3.76. The van der Waals surface area contributed by atoms with Crippen molar-refractivity contribution in [3.8, 4) is 0 Å². The maximum atomic E-state index is 12.5. The van der Waals surface area contributed by atoms with Crippen LogP contribution in [0.4, 0.5) is 5.82 Å². The summed E-state index contributed by atoms with van der Waals surface area (Å²) in [6, 6.07) is 11.3. The topological polar surface area (TPSA) is 59.8 Å². The lowest BCUT2D eigenvalue weighted by molar-refractivity contribution is 0.102. The van der Waals surface area contributed by atoms with Crippen molar-refractivity contribution in [3.05, 3.63) is 53.9 Å². The van der Waals surface area contributed by atoms with Crippen LogP contribution in [0, 0.1) is 0 Å². The molecule has 0 radical (unpaired) electrons. The number of aromatic nitrogens is 3. The fourth-order valence-corrected chi connectivity index (χ4v) is 2.35. The van der Waals surface area contributed by atoms with Gasteiger partial charge in [-0.3, -0.25) is 14.5 Å². The Kier molecular flexibility index (Phi) is 3.64. The van der Waals surface area contributed by atoms with Crippen LogP contribution in [0.25, 0.3) is 10.9 Å². The molecule has 1 N–H and O–H groups in total. The van der Waals surface area contributed by atoms with Crippen molar-refractivity contribution in [1.82, 2.24) is 14.8 Å². The SMILES string of the molecule is Cn1nc(C(C)(C)C)cc1NC(=O)c1ccc2cccnc2c1. The van der Waals surface area contributed by atoms with Crippen LogP contribution in [-0.2, 0) is 12.5 Å². The zero-order valence-electron chi connectivity index (χ0n) is 13.8. The first-order valence-electron chi connectivity index (χ1n) is 7.55. The maximum absolute atomic E-state index is 12.5. The Hall–Kier alpha value is -2.69. The van der Waals surface area contributed by atoms with Crippen molar-refractivity contribution >= 4 is 22.6 Å². The van der Waals surface area contributed by atoms with Crippen LogP contribution in [0.3, 0.4) is 0 Å². The van der Waals surface area contributed by atoms with E-state index < -0.39 is 0 Å². The summed E-state index contributed by atoms with van der Waals surface area (Å²) in [7, 11) is 1.83. The zero-order valence-corrected chi connectivity index (χ0v) is 13.8. The van der Waals surface area contributed by atoms with Gasteiger partial charge in [0.25, 0.3) is 5.91 Å². The molecule has 3 rings (SSSR count). The number of fused-ring (bicyclic) bond motifs is 1. The Morgan fingerprint density at radius 3 is 2.65 bits per heavy atom. The van der Waals surface area contributed by atoms with Gasteiger partial charge >= 0.3 is 0 Å². The van der Waals surface area contributed by atoms with Gasteiger partial charge in [-0.15, -0.1) is 0 Å². The monoisotopic (exact) mass is 308 g/mol. The van der Waals surface area contributed by atoms with E-state index in [1.54, 1.807) is 23.0 Å². The number of carbonyl (C=O) groups is 1. The highest BCUT2D eigenvalue weighted by atomic mass is 16.1. The van der Waals surface area contributed by atoms with E-state index in [-0.39, 0.29) is 11.3 Å². The van der Waals surface area contributed by atoms with E-state index in [1.807, 2.05) is 31.3 Å². The molecule has 5 heteroatoms. The summed E-state index contributed by atoms with van der Waals surface area (Å²) in [6.45, 7) is 6.28. The largest absolute Gasteiger partial charge is 0.307 e. The van der Waals surface area contributed by atoms with Gasteiger partial charge < -0.3 is 5.32 Å². The number of carbonyl (C=O) groups excluding carboxylic acids is 1. The van der Waals surface area contributed by atoms with E-state index in [0.717, 1.165) is 16.6 Å². The van der Waals surface area contributed by atoms with Crippen LogP contribution >= 0.6 is 0 Å². The molecule has 0 aliphatic carbocycles. The summed E-state index contributed by atoms with van der Waals surface area (Å²) in [5.74, 6) is 0.516. The molecule has 5 nitrogen and oxygen atoms in total. The molecular weight excluding hydrogens is 288 g/mol. The summed E-state index contributed by atoms with van der Waals surface area (Å²) in [6.07, 6.45) is 1.72. The minimum absolute atomic E-state index is 0.0619. The van der Waals surface area contributed by atoms with Crippen molar-refractivity contribution in [2.24, 2.45) is 7.05 Å². The van der Waals surface area contributed by atoms with Crippen LogP contribution in [0.1, 0.15) is 36.8 Å². The molecule has 23 heavy (non-hydrogen) atoms. The maximum Gasteiger partial charge on any atom is 0.256 e. The predicted octanol–water partition coefficient (Wildman–Crippen LogP) is 3.52. The molecule has 0 saturated heterocycles. The summed E-state index contributed by atoms with van der Waals surface area (Å²) >= 11 is 0. The number of amides is 1. The molecule has 0 fully saturated rings. The van der Waals surface area contributed by atoms with Gasteiger partial charge in [0.15, 0.2) is 0 Å². The van der Waals surface area contributed by atoms with Crippen molar-refractivity contribution in [2.75, 3.05) is 5.32 Å². The second-order valence-corrected chi connectivity index (χ2v) is 6.65. The Morgan fingerprint density at radius 1 is 1.17 bits per heavy atom. The number of nitrogens with one attached hydrogen (secondary N) is 1. The molecule has 0 aliphatic heterocycles. The number of hydrogen-bond donors (Lipinski definition) is 1. The zero-order chi connectivity index (χ0) is 16.6. The molecule has 1 amide bonds. The first-order chi connectivity index (χ1) is 10.8. The van der Waals surface area contributed by atoms with Gasteiger partial charge in [-0.1, -0.05) is 32.9 Å². The summed E-state index contributed by atoms with van der Waals surface area (Å²) in [5.41, 5.74) is 2.26. The lowest BCUT2D eigenvalue weighted by Gasteiger charge is -2.13. The molecule has 0 unspecified atom stereocenters. The lowest BCUT2D eigenvalue weighted by Crippen LogP contribution is -2.14. The number of anilines is 1. The third-order valence-corrected chi connectivity index (χ3v) is 3.76. The quantitative estimate of drug-likeness (QED) is 0.788. The average molecular weight is 308 g/mol. The molecule has 0 atom stereocenters. The number of rotatable bonds is 2. The van der Waals surface area contributed by atoms with Crippen LogP contribution < -0.4 is 5.32 Å². The number of benzene rings is 1. The Bertz CT molecular complexity index is 874. The van der Waals surface area contributed by atoms with Crippen LogP contribution in [0.5, 0.6) is 0 Å². The van der Waals surface area contributed by atoms with E-state index >= 15 is 0 Å². The highest BCUT2D eigenvalue weighted by molar-refractivity contribution is 6.05. The number of pyridine rings is 1. The molecular formula is C18H20N4O. The van der Waals surface area contributed by atoms with Gasteiger partial charge in [-0.05, 0) is 18.2 Å². The van der Waals surface area contributed by atoms with E-state index in [0.29, 0.717) is 11.4 Å². The van der Waals surface area contributed by atoms with Crippen LogP contribution in [-0.4, -0.2) is 20.7 Å². The standard InChI is InChI=1S/C18H20N4O/c1-18(2,3)15-11-16(22(4)21-15)20-17(23)13-8-7-12-6-5-9-19-14(12)10-13/h5-11H,1-4H3,(H,20,23). The minimum atomic E-state index is -0.166. The van der Waals surface area contributed by atoms with E-state index in [9.17, 15) is 4.79 Å². The fourth-order valence-electron chi connectivity index (χ4n) is 2.35. The second kappa shape index (κ2) is 5.50. The summed E-state index contributed by atoms with van der Waals surface area (Å²) in [5, 5.41) is 8.40. The Morgan fingerprint density at radius 2 is 1.96 bits per heavy atom. The van der Waals surface area contributed by atoms with E-state index in [1.165, 1.54) is 0 Å². The van der Waals surface area contributed by atoms with Crippen molar-refractivity contribution < 1.29 is 4.79 Å². The van der Waals surface area contributed by atoms with E-state index in [4.69, 9.17) is 0 Å². The molecule has 0 bridgehead atoms. The Labute approximate surface area is 135 Å². The van der Waals surface area contributed by atoms with Gasteiger partial charge in [-0.25, -0.2) is 0 Å². The summed E-state index contributed by atoms with van der Waals surface area (Å²) in [4.78, 5) is 16.8. The van der Waals surface area contributed by atoms with Gasteiger partial charge in [0, 0.05) is 35.7 Å².